The maximum Gasteiger partial charge on any atom is 0.306 e. The molecule has 5 nitrogen and oxygen atoms in total. The van der Waals surface area contributed by atoms with E-state index in [1.807, 2.05) is 48.7 Å². The third-order valence-electron chi connectivity index (χ3n) is 5.14. The molecule has 0 N–H and O–H groups in total. The second-order valence-electron chi connectivity index (χ2n) is 7.37. The summed E-state index contributed by atoms with van der Waals surface area (Å²) in [5.74, 6) is -1.63. The number of esters is 1. The van der Waals surface area contributed by atoms with E-state index in [9.17, 15) is 18.8 Å². The van der Waals surface area contributed by atoms with Crippen LogP contribution in [0.5, 0.6) is 0 Å². The second kappa shape index (κ2) is 9.98. The second-order valence-corrected chi connectivity index (χ2v) is 7.37. The number of rotatable bonds is 9. The van der Waals surface area contributed by atoms with Crippen LogP contribution in [-0.4, -0.2) is 28.7 Å². The van der Waals surface area contributed by atoms with Crippen LogP contribution < -0.4 is 0 Å². The first-order valence-corrected chi connectivity index (χ1v) is 10.0. The Kier molecular flexibility index (Phi) is 7.13. The molecule has 3 rings (SSSR count). The topological polar surface area (TPSA) is 65.4 Å². The third-order valence-corrected chi connectivity index (χ3v) is 5.14. The summed E-state index contributed by atoms with van der Waals surface area (Å²) < 4.78 is 20.0. The van der Waals surface area contributed by atoms with Gasteiger partial charge in [-0.25, -0.2) is 4.39 Å². The van der Waals surface area contributed by atoms with Gasteiger partial charge in [-0.3, -0.25) is 14.4 Å². The maximum absolute atomic E-state index is 12.9. The van der Waals surface area contributed by atoms with Crippen LogP contribution in [0.15, 0.2) is 60.7 Å². The Morgan fingerprint density at radius 3 is 2.26 bits per heavy atom. The van der Waals surface area contributed by atoms with Crippen molar-refractivity contribution in [2.24, 2.45) is 0 Å². The van der Waals surface area contributed by atoms with Crippen molar-refractivity contribution in [3.63, 3.8) is 0 Å². The highest BCUT2D eigenvalue weighted by atomic mass is 19.1. The Labute approximate surface area is 180 Å². The van der Waals surface area contributed by atoms with Crippen LogP contribution in [0.3, 0.4) is 0 Å². The Morgan fingerprint density at radius 2 is 1.58 bits per heavy atom. The van der Waals surface area contributed by atoms with Crippen molar-refractivity contribution in [3.05, 3.63) is 94.6 Å². The van der Waals surface area contributed by atoms with Gasteiger partial charge in [0.1, 0.15) is 5.82 Å². The Hall–Kier alpha value is -3.54. The number of ketones is 2. The fourth-order valence-corrected chi connectivity index (χ4v) is 3.38. The lowest BCUT2D eigenvalue weighted by atomic mass is 10.1. The number of Topliss-reactive ketones (excluding diaryl/α,β-unsaturated/α-hetero) is 2. The SMILES string of the molecule is Cc1cc(C(=O)COC(=O)CCC(=O)c2ccc(F)cc2)c(C)n1Cc1ccccc1. The Balaban J connectivity index is 1.53. The van der Waals surface area contributed by atoms with Gasteiger partial charge in [-0.2, -0.15) is 0 Å². The molecular formula is C25H24FNO4. The summed E-state index contributed by atoms with van der Waals surface area (Å²) >= 11 is 0. The number of hydrogen-bond donors (Lipinski definition) is 0. The van der Waals surface area contributed by atoms with Crippen molar-refractivity contribution in [1.82, 2.24) is 4.57 Å². The molecule has 0 bridgehead atoms. The molecule has 0 atom stereocenters. The van der Waals surface area contributed by atoms with Gasteiger partial charge in [-0.1, -0.05) is 30.3 Å². The summed E-state index contributed by atoms with van der Waals surface area (Å²) in [5, 5.41) is 0. The lowest BCUT2D eigenvalue weighted by Gasteiger charge is -2.10. The zero-order valence-corrected chi connectivity index (χ0v) is 17.6. The molecule has 0 fully saturated rings. The molecule has 0 saturated heterocycles. The van der Waals surface area contributed by atoms with Crippen LogP contribution >= 0.6 is 0 Å². The van der Waals surface area contributed by atoms with Gasteiger partial charge in [-0.05, 0) is 49.7 Å². The lowest BCUT2D eigenvalue weighted by molar-refractivity contribution is -0.142. The summed E-state index contributed by atoms with van der Waals surface area (Å²) in [4.78, 5) is 36.6. The normalized spacial score (nSPS) is 10.7. The minimum Gasteiger partial charge on any atom is -0.457 e. The molecule has 0 saturated carbocycles. The van der Waals surface area contributed by atoms with E-state index in [-0.39, 0.29) is 31.0 Å². The molecular weight excluding hydrogens is 397 g/mol. The number of benzene rings is 2. The highest BCUT2D eigenvalue weighted by Gasteiger charge is 2.18. The molecule has 0 radical (unpaired) electrons. The summed E-state index contributed by atoms with van der Waals surface area (Å²) in [7, 11) is 0. The van der Waals surface area contributed by atoms with Crippen LogP contribution in [-0.2, 0) is 16.1 Å². The monoisotopic (exact) mass is 421 g/mol. The summed E-state index contributed by atoms with van der Waals surface area (Å²) in [6.07, 6.45) is -0.208. The number of carbonyl (C=O) groups is 3. The molecule has 0 aliphatic carbocycles. The molecule has 3 aromatic rings. The number of aromatic nitrogens is 1. The van der Waals surface area contributed by atoms with Crippen molar-refractivity contribution < 1.29 is 23.5 Å². The van der Waals surface area contributed by atoms with E-state index >= 15 is 0 Å². The summed E-state index contributed by atoms with van der Waals surface area (Å²) in [5.41, 5.74) is 3.73. The Bertz CT molecular complexity index is 1080. The van der Waals surface area contributed by atoms with Gasteiger partial charge < -0.3 is 9.30 Å². The van der Waals surface area contributed by atoms with Gasteiger partial charge in [0.15, 0.2) is 12.4 Å². The zero-order chi connectivity index (χ0) is 22.4. The minimum atomic E-state index is -0.623. The molecule has 31 heavy (non-hydrogen) atoms. The molecule has 160 valence electrons. The number of halogens is 1. The molecule has 1 heterocycles. The van der Waals surface area contributed by atoms with Crippen LogP contribution in [0.2, 0.25) is 0 Å². The first-order valence-electron chi connectivity index (χ1n) is 10.0. The fraction of sp³-hybridized carbons (Fsp3) is 0.240. The fourth-order valence-electron chi connectivity index (χ4n) is 3.38. The molecule has 0 amide bonds. The molecule has 0 aliphatic heterocycles. The van der Waals surface area contributed by atoms with E-state index in [1.165, 1.54) is 24.3 Å². The molecule has 0 unspecified atom stereocenters. The van der Waals surface area contributed by atoms with E-state index in [4.69, 9.17) is 4.74 Å². The molecule has 0 aliphatic rings. The van der Waals surface area contributed by atoms with Gasteiger partial charge in [0, 0.05) is 35.5 Å². The minimum absolute atomic E-state index is 0.0652. The van der Waals surface area contributed by atoms with Crippen LogP contribution in [0.25, 0.3) is 0 Å². The average molecular weight is 421 g/mol. The molecule has 2 aromatic carbocycles. The van der Waals surface area contributed by atoms with Crippen molar-refractivity contribution in [2.75, 3.05) is 6.61 Å². The van der Waals surface area contributed by atoms with E-state index < -0.39 is 11.8 Å². The number of aryl methyl sites for hydroxylation is 1. The van der Waals surface area contributed by atoms with Gasteiger partial charge in [0.2, 0.25) is 5.78 Å². The molecule has 6 heteroatoms. The van der Waals surface area contributed by atoms with Crippen LogP contribution in [0, 0.1) is 19.7 Å². The van der Waals surface area contributed by atoms with Crippen molar-refractivity contribution in [3.8, 4) is 0 Å². The van der Waals surface area contributed by atoms with Gasteiger partial charge in [0.05, 0.1) is 6.42 Å². The van der Waals surface area contributed by atoms with Crippen molar-refractivity contribution in [2.45, 2.75) is 33.2 Å². The van der Waals surface area contributed by atoms with E-state index in [2.05, 4.69) is 0 Å². The average Bonchev–Trinajstić information content (AvgIpc) is 3.05. The molecule has 1 aromatic heterocycles. The number of ether oxygens (including phenoxy) is 1. The van der Waals surface area contributed by atoms with Gasteiger partial charge >= 0.3 is 5.97 Å². The van der Waals surface area contributed by atoms with Crippen LogP contribution in [0.1, 0.15) is 50.5 Å². The predicted molar refractivity (Wildman–Crippen MR) is 115 cm³/mol. The van der Waals surface area contributed by atoms with E-state index in [0.717, 1.165) is 17.0 Å². The number of carbonyl (C=O) groups excluding carboxylic acids is 3. The zero-order valence-electron chi connectivity index (χ0n) is 17.6. The Morgan fingerprint density at radius 1 is 0.903 bits per heavy atom. The van der Waals surface area contributed by atoms with Gasteiger partial charge in [0.25, 0.3) is 0 Å². The first kappa shape index (κ1) is 22.2. The van der Waals surface area contributed by atoms with Gasteiger partial charge in [-0.15, -0.1) is 0 Å². The molecule has 0 spiro atoms. The number of nitrogens with zero attached hydrogens (tertiary/aromatic N) is 1. The lowest BCUT2D eigenvalue weighted by Crippen LogP contribution is -2.16. The van der Waals surface area contributed by atoms with E-state index in [1.54, 1.807) is 6.07 Å². The van der Waals surface area contributed by atoms with Crippen LogP contribution in [0.4, 0.5) is 4.39 Å². The van der Waals surface area contributed by atoms with Crippen molar-refractivity contribution >= 4 is 17.5 Å². The first-order chi connectivity index (χ1) is 14.8. The standard InChI is InChI=1S/C25H24FNO4/c1-17-14-22(18(2)27(17)15-19-6-4-3-5-7-19)24(29)16-31-25(30)13-12-23(28)20-8-10-21(26)11-9-20/h3-11,14H,12-13,15-16H2,1-2H3. The quantitative estimate of drug-likeness (QED) is 0.372. The number of hydrogen-bond acceptors (Lipinski definition) is 4. The summed E-state index contributed by atoms with van der Waals surface area (Å²) in [6.45, 7) is 4.07. The largest absolute Gasteiger partial charge is 0.457 e. The highest BCUT2D eigenvalue weighted by Crippen LogP contribution is 2.18. The third kappa shape index (κ3) is 5.75. The predicted octanol–water partition coefficient (Wildman–Crippen LogP) is 4.68. The summed E-state index contributed by atoms with van der Waals surface area (Å²) in [6, 6.07) is 16.9. The highest BCUT2D eigenvalue weighted by molar-refractivity contribution is 6.00. The van der Waals surface area contributed by atoms with E-state index in [0.29, 0.717) is 17.7 Å². The maximum atomic E-state index is 12.9. The smallest absolute Gasteiger partial charge is 0.306 e. The van der Waals surface area contributed by atoms with Crippen molar-refractivity contribution in [1.29, 1.82) is 0 Å².